The molecule has 0 spiro atoms. The number of hydrogen-bond acceptors (Lipinski definition) is 3. The first-order chi connectivity index (χ1) is 8.75. The minimum Gasteiger partial charge on any atom is -0.333 e. The Morgan fingerprint density at radius 2 is 2.11 bits per heavy atom. The van der Waals surface area contributed by atoms with Gasteiger partial charge in [0.25, 0.3) is 0 Å². The highest BCUT2D eigenvalue weighted by atomic mass is 32.1. The van der Waals surface area contributed by atoms with Crippen LogP contribution in [0.1, 0.15) is 55.3 Å². The van der Waals surface area contributed by atoms with Gasteiger partial charge in [-0.05, 0) is 32.6 Å². The van der Waals surface area contributed by atoms with Crippen LogP contribution < -0.4 is 0 Å². The molecule has 2 fully saturated rings. The molecule has 2 heterocycles. The van der Waals surface area contributed by atoms with Crippen LogP contribution in [-0.2, 0) is 4.79 Å². The van der Waals surface area contributed by atoms with Gasteiger partial charge in [-0.25, -0.2) is 4.98 Å². The lowest BCUT2D eigenvalue weighted by Gasteiger charge is -2.26. The van der Waals surface area contributed by atoms with E-state index < -0.39 is 0 Å². The van der Waals surface area contributed by atoms with Gasteiger partial charge in [-0.1, -0.05) is 12.8 Å². The monoisotopic (exact) mass is 264 g/mol. The third-order valence-corrected chi connectivity index (χ3v) is 5.23. The maximum Gasteiger partial charge on any atom is 0.226 e. The first-order valence-corrected chi connectivity index (χ1v) is 7.86. The van der Waals surface area contributed by atoms with Crippen LogP contribution in [0, 0.1) is 12.8 Å². The summed E-state index contributed by atoms with van der Waals surface area (Å²) in [6.45, 7) is 2.96. The van der Waals surface area contributed by atoms with Crippen LogP contribution in [0.3, 0.4) is 0 Å². The molecule has 1 aromatic rings. The fourth-order valence-electron chi connectivity index (χ4n) is 3.22. The second-order valence-corrected chi connectivity index (χ2v) is 6.39. The zero-order valence-corrected chi connectivity index (χ0v) is 11.7. The van der Waals surface area contributed by atoms with Crippen molar-refractivity contribution in [2.45, 2.75) is 51.5 Å². The molecule has 0 bridgehead atoms. The summed E-state index contributed by atoms with van der Waals surface area (Å²) in [7, 11) is 0. The average Bonchev–Trinajstić information content (AvgIpc) is 3.09. The predicted molar refractivity (Wildman–Crippen MR) is 72.5 cm³/mol. The predicted octanol–water partition coefficient (Wildman–Crippen LogP) is 3.31. The highest BCUT2D eigenvalue weighted by molar-refractivity contribution is 7.09. The van der Waals surface area contributed by atoms with Crippen LogP contribution in [0.15, 0.2) is 5.38 Å². The summed E-state index contributed by atoms with van der Waals surface area (Å²) in [5.41, 5.74) is 1.08. The first-order valence-electron chi connectivity index (χ1n) is 6.98. The fraction of sp³-hybridized carbons (Fsp3) is 0.714. The Hall–Kier alpha value is -0.900. The lowest BCUT2D eigenvalue weighted by atomic mass is 10.1. The highest BCUT2D eigenvalue weighted by Gasteiger charge is 2.36. The number of hydrogen-bond donors (Lipinski definition) is 0. The number of likely N-dealkylation sites (tertiary alicyclic amines) is 1. The van der Waals surface area contributed by atoms with Crippen molar-refractivity contribution in [1.29, 1.82) is 0 Å². The van der Waals surface area contributed by atoms with Gasteiger partial charge < -0.3 is 4.90 Å². The van der Waals surface area contributed by atoms with Gasteiger partial charge in [0.2, 0.25) is 5.91 Å². The molecule has 1 amide bonds. The Morgan fingerprint density at radius 1 is 1.33 bits per heavy atom. The number of carbonyl (C=O) groups excluding carboxylic acids is 1. The van der Waals surface area contributed by atoms with E-state index >= 15 is 0 Å². The Balaban J connectivity index is 1.76. The molecular weight excluding hydrogens is 244 g/mol. The zero-order valence-electron chi connectivity index (χ0n) is 10.9. The summed E-state index contributed by atoms with van der Waals surface area (Å²) in [5.74, 6) is 0.689. The third-order valence-electron chi connectivity index (χ3n) is 4.16. The van der Waals surface area contributed by atoms with Crippen LogP contribution >= 0.6 is 11.3 Å². The fourth-order valence-corrected chi connectivity index (χ4v) is 4.16. The normalized spacial score (nSPS) is 24.9. The van der Waals surface area contributed by atoms with Gasteiger partial charge in [-0.15, -0.1) is 11.3 Å². The van der Waals surface area contributed by atoms with Gasteiger partial charge in [-0.3, -0.25) is 4.79 Å². The van der Waals surface area contributed by atoms with Crippen LogP contribution in [-0.4, -0.2) is 22.3 Å². The minimum absolute atomic E-state index is 0.261. The maximum absolute atomic E-state index is 12.5. The van der Waals surface area contributed by atoms with Crippen molar-refractivity contribution in [3.8, 4) is 0 Å². The Bertz CT molecular complexity index is 437. The lowest BCUT2D eigenvalue weighted by molar-refractivity contribution is -0.136. The second-order valence-electron chi connectivity index (χ2n) is 5.50. The van der Waals surface area contributed by atoms with Crippen molar-refractivity contribution in [3.63, 3.8) is 0 Å². The summed E-state index contributed by atoms with van der Waals surface area (Å²) in [4.78, 5) is 19.2. The minimum atomic E-state index is 0.261. The van der Waals surface area contributed by atoms with Gasteiger partial charge in [0, 0.05) is 23.5 Å². The van der Waals surface area contributed by atoms with Crippen molar-refractivity contribution < 1.29 is 4.79 Å². The molecule has 0 aromatic carbocycles. The zero-order chi connectivity index (χ0) is 12.5. The summed E-state index contributed by atoms with van der Waals surface area (Å²) >= 11 is 1.71. The number of aryl methyl sites for hydroxylation is 1. The molecule has 1 aromatic heterocycles. The molecule has 3 rings (SSSR count). The number of rotatable bonds is 2. The molecule has 1 aliphatic carbocycles. The molecule has 4 heteroatoms. The van der Waals surface area contributed by atoms with Crippen LogP contribution in [0.2, 0.25) is 0 Å². The van der Waals surface area contributed by atoms with Gasteiger partial charge in [0.15, 0.2) is 0 Å². The van der Waals surface area contributed by atoms with Crippen LogP contribution in [0.25, 0.3) is 0 Å². The van der Waals surface area contributed by atoms with Gasteiger partial charge in [0.1, 0.15) is 5.01 Å². The molecule has 1 atom stereocenters. The lowest BCUT2D eigenvalue weighted by Crippen LogP contribution is -2.34. The van der Waals surface area contributed by atoms with Crippen molar-refractivity contribution in [2.75, 3.05) is 6.54 Å². The van der Waals surface area contributed by atoms with E-state index in [4.69, 9.17) is 0 Å². The number of thiazole rings is 1. The molecular formula is C14H20N2OS. The smallest absolute Gasteiger partial charge is 0.226 e. The SMILES string of the molecule is Cc1csc([C@@H]2CCCN2C(=O)C2CCCC2)n1. The number of aromatic nitrogens is 1. The summed E-state index contributed by atoms with van der Waals surface area (Å²) in [6, 6.07) is 0.261. The van der Waals surface area contributed by atoms with E-state index in [1.54, 1.807) is 11.3 Å². The van der Waals surface area contributed by atoms with E-state index in [-0.39, 0.29) is 6.04 Å². The van der Waals surface area contributed by atoms with E-state index in [0.29, 0.717) is 11.8 Å². The van der Waals surface area contributed by atoms with Gasteiger partial charge in [-0.2, -0.15) is 0 Å². The maximum atomic E-state index is 12.5. The van der Waals surface area contributed by atoms with Crippen molar-refractivity contribution in [2.24, 2.45) is 5.92 Å². The molecule has 98 valence electrons. The third kappa shape index (κ3) is 2.18. The summed E-state index contributed by atoms with van der Waals surface area (Å²) in [5, 5.41) is 3.22. The molecule has 0 N–H and O–H groups in total. The first kappa shape index (κ1) is 12.2. The summed E-state index contributed by atoms with van der Waals surface area (Å²) in [6.07, 6.45) is 6.86. The molecule has 3 nitrogen and oxygen atoms in total. The Morgan fingerprint density at radius 3 is 2.78 bits per heavy atom. The number of amides is 1. The molecule has 0 radical (unpaired) electrons. The Kier molecular flexibility index (Phi) is 3.37. The molecule has 1 aliphatic heterocycles. The number of nitrogens with zero attached hydrogens (tertiary/aromatic N) is 2. The topological polar surface area (TPSA) is 33.2 Å². The van der Waals surface area contributed by atoms with Crippen molar-refractivity contribution in [3.05, 3.63) is 16.1 Å². The molecule has 2 aliphatic rings. The quantitative estimate of drug-likeness (QED) is 0.821. The van der Waals surface area contributed by atoms with E-state index in [1.807, 2.05) is 6.92 Å². The van der Waals surface area contributed by atoms with E-state index in [2.05, 4.69) is 15.3 Å². The van der Waals surface area contributed by atoms with E-state index in [0.717, 1.165) is 42.9 Å². The molecule has 0 unspecified atom stereocenters. The average molecular weight is 264 g/mol. The highest BCUT2D eigenvalue weighted by Crippen LogP contribution is 2.37. The van der Waals surface area contributed by atoms with Crippen molar-refractivity contribution in [1.82, 2.24) is 9.88 Å². The molecule has 18 heavy (non-hydrogen) atoms. The Labute approximate surface area is 112 Å². The number of carbonyl (C=O) groups is 1. The standard InChI is InChI=1S/C14H20N2OS/c1-10-9-18-13(15-10)12-7-4-8-16(12)14(17)11-5-2-3-6-11/h9,11-12H,2-8H2,1H3/t12-/m0/s1. The second kappa shape index (κ2) is 5.00. The van der Waals surface area contributed by atoms with Crippen molar-refractivity contribution >= 4 is 17.2 Å². The van der Waals surface area contributed by atoms with Gasteiger partial charge in [0.05, 0.1) is 6.04 Å². The molecule has 1 saturated carbocycles. The largest absolute Gasteiger partial charge is 0.333 e. The van der Waals surface area contributed by atoms with Gasteiger partial charge >= 0.3 is 0 Å². The van der Waals surface area contributed by atoms with E-state index in [9.17, 15) is 4.79 Å². The molecule has 1 saturated heterocycles. The summed E-state index contributed by atoms with van der Waals surface area (Å²) < 4.78 is 0. The van der Waals surface area contributed by atoms with Crippen LogP contribution in [0.5, 0.6) is 0 Å². The van der Waals surface area contributed by atoms with Crippen LogP contribution in [0.4, 0.5) is 0 Å². The van der Waals surface area contributed by atoms with E-state index in [1.165, 1.54) is 12.8 Å².